The average molecular weight is 321 g/mol. The number of halogens is 2. The lowest BCUT2D eigenvalue weighted by atomic mass is 9.79. The van der Waals surface area contributed by atoms with E-state index in [0.717, 1.165) is 11.1 Å². The van der Waals surface area contributed by atoms with Gasteiger partial charge in [-0.3, -0.25) is 0 Å². The summed E-state index contributed by atoms with van der Waals surface area (Å²) in [6.07, 6.45) is 3.69. The lowest BCUT2D eigenvalue weighted by Gasteiger charge is -2.26. The first-order chi connectivity index (χ1) is 10.1. The van der Waals surface area contributed by atoms with Crippen molar-refractivity contribution in [1.82, 2.24) is 0 Å². The second-order valence-electron chi connectivity index (χ2n) is 5.72. The van der Waals surface area contributed by atoms with Crippen molar-refractivity contribution in [3.05, 3.63) is 69.2 Å². The number of benzene rings is 2. The molecule has 1 atom stereocenters. The van der Waals surface area contributed by atoms with Crippen molar-refractivity contribution in [1.29, 1.82) is 0 Å². The van der Waals surface area contributed by atoms with Gasteiger partial charge in [-0.15, -0.1) is 0 Å². The van der Waals surface area contributed by atoms with Crippen molar-refractivity contribution >= 4 is 23.2 Å². The summed E-state index contributed by atoms with van der Waals surface area (Å²) in [4.78, 5) is 0. The SMILES string of the molecule is OC(Cc1c(Cl)cccc1Cl)c1cccc(C2CCC2)c1. The van der Waals surface area contributed by atoms with Gasteiger partial charge in [0.2, 0.25) is 0 Å². The maximum absolute atomic E-state index is 10.5. The quantitative estimate of drug-likeness (QED) is 0.784. The van der Waals surface area contributed by atoms with Crippen LogP contribution >= 0.6 is 23.2 Å². The van der Waals surface area contributed by atoms with Gasteiger partial charge in [0.15, 0.2) is 0 Å². The van der Waals surface area contributed by atoms with Gasteiger partial charge in [-0.25, -0.2) is 0 Å². The molecule has 1 nitrogen and oxygen atoms in total. The molecule has 110 valence electrons. The average Bonchev–Trinajstić information content (AvgIpc) is 2.41. The molecule has 1 unspecified atom stereocenters. The van der Waals surface area contributed by atoms with Crippen molar-refractivity contribution in [2.75, 3.05) is 0 Å². The molecule has 3 rings (SSSR count). The van der Waals surface area contributed by atoms with E-state index in [-0.39, 0.29) is 0 Å². The number of aliphatic hydroxyl groups excluding tert-OH is 1. The Morgan fingerprint density at radius 1 is 1.05 bits per heavy atom. The van der Waals surface area contributed by atoms with Crippen molar-refractivity contribution in [2.45, 2.75) is 37.7 Å². The van der Waals surface area contributed by atoms with Crippen LogP contribution in [0.25, 0.3) is 0 Å². The molecule has 0 bridgehead atoms. The molecule has 1 fully saturated rings. The molecular formula is C18H18Cl2O. The van der Waals surface area contributed by atoms with Gasteiger partial charge >= 0.3 is 0 Å². The minimum Gasteiger partial charge on any atom is -0.388 e. The van der Waals surface area contributed by atoms with Crippen molar-refractivity contribution in [3.8, 4) is 0 Å². The van der Waals surface area contributed by atoms with Crippen LogP contribution < -0.4 is 0 Å². The summed E-state index contributed by atoms with van der Waals surface area (Å²) in [6, 6.07) is 13.7. The maximum Gasteiger partial charge on any atom is 0.0831 e. The van der Waals surface area contributed by atoms with E-state index in [0.29, 0.717) is 22.4 Å². The second kappa shape index (κ2) is 6.39. The molecule has 2 aromatic carbocycles. The molecule has 1 aliphatic carbocycles. The number of hydrogen-bond acceptors (Lipinski definition) is 1. The Morgan fingerprint density at radius 3 is 2.33 bits per heavy atom. The Labute approximate surface area is 135 Å². The monoisotopic (exact) mass is 320 g/mol. The molecule has 0 amide bonds. The third kappa shape index (κ3) is 3.26. The van der Waals surface area contributed by atoms with Crippen LogP contribution in [0.15, 0.2) is 42.5 Å². The van der Waals surface area contributed by atoms with E-state index in [1.165, 1.54) is 24.8 Å². The van der Waals surface area contributed by atoms with Gasteiger partial charge in [0.1, 0.15) is 0 Å². The van der Waals surface area contributed by atoms with Crippen LogP contribution in [0.1, 0.15) is 48.0 Å². The first kappa shape index (κ1) is 14.9. The fourth-order valence-corrected chi connectivity index (χ4v) is 3.35. The molecular weight excluding hydrogens is 303 g/mol. The topological polar surface area (TPSA) is 20.2 Å². The molecule has 1 saturated carbocycles. The van der Waals surface area contributed by atoms with Gasteiger partial charge in [0.05, 0.1) is 6.10 Å². The number of aliphatic hydroxyl groups is 1. The van der Waals surface area contributed by atoms with Gasteiger partial charge in [0.25, 0.3) is 0 Å². The summed E-state index contributed by atoms with van der Waals surface area (Å²) in [7, 11) is 0. The third-order valence-electron chi connectivity index (χ3n) is 4.33. The first-order valence-electron chi connectivity index (χ1n) is 7.36. The summed E-state index contributed by atoms with van der Waals surface area (Å²) >= 11 is 12.4. The largest absolute Gasteiger partial charge is 0.388 e. The van der Waals surface area contributed by atoms with E-state index in [4.69, 9.17) is 23.2 Å². The molecule has 3 heteroatoms. The van der Waals surface area contributed by atoms with E-state index in [1.807, 2.05) is 18.2 Å². The van der Waals surface area contributed by atoms with Gasteiger partial charge < -0.3 is 5.11 Å². The molecule has 1 aliphatic rings. The molecule has 0 spiro atoms. The fourth-order valence-electron chi connectivity index (χ4n) is 2.80. The Hall–Kier alpha value is -1.02. The van der Waals surface area contributed by atoms with Crippen LogP contribution in [0.4, 0.5) is 0 Å². The highest BCUT2D eigenvalue weighted by Gasteiger charge is 2.21. The highest BCUT2D eigenvalue weighted by molar-refractivity contribution is 6.36. The van der Waals surface area contributed by atoms with E-state index >= 15 is 0 Å². The Bertz CT molecular complexity index is 615. The van der Waals surface area contributed by atoms with Crippen LogP contribution in [0, 0.1) is 0 Å². The molecule has 2 aromatic rings. The van der Waals surface area contributed by atoms with E-state index < -0.39 is 6.10 Å². The van der Waals surface area contributed by atoms with Crippen molar-refractivity contribution < 1.29 is 5.11 Å². The normalized spacial score (nSPS) is 16.5. The summed E-state index contributed by atoms with van der Waals surface area (Å²) in [5.74, 6) is 0.668. The standard InChI is InChI=1S/C18H18Cl2O/c19-16-8-3-9-17(20)15(16)11-18(21)14-7-2-6-13(10-14)12-4-1-5-12/h2-3,6-10,12,18,21H,1,4-5,11H2. The van der Waals surface area contributed by atoms with Gasteiger partial charge in [-0.1, -0.05) is 60.0 Å². The first-order valence-corrected chi connectivity index (χ1v) is 8.11. The van der Waals surface area contributed by atoms with E-state index in [9.17, 15) is 5.11 Å². The molecule has 1 N–H and O–H groups in total. The van der Waals surface area contributed by atoms with Gasteiger partial charge in [-0.2, -0.15) is 0 Å². The predicted molar refractivity (Wildman–Crippen MR) is 88.2 cm³/mol. The van der Waals surface area contributed by atoms with E-state index in [2.05, 4.69) is 12.1 Å². The minimum absolute atomic E-state index is 0.437. The molecule has 0 aliphatic heterocycles. The molecule has 0 heterocycles. The molecule has 0 saturated heterocycles. The summed E-state index contributed by atoms with van der Waals surface area (Å²) in [5.41, 5.74) is 3.08. The van der Waals surface area contributed by atoms with Crippen LogP contribution in [-0.4, -0.2) is 5.11 Å². The zero-order valence-electron chi connectivity index (χ0n) is 11.7. The number of hydrogen-bond donors (Lipinski definition) is 1. The number of rotatable bonds is 4. The lowest BCUT2D eigenvalue weighted by Crippen LogP contribution is -2.10. The fraction of sp³-hybridized carbons (Fsp3) is 0.333. The zero-order valence-corrected chi connectivity index (χ0v) is 13.2. The van der Waals surface area contributed by atoms with Crippen LogP contribution in [0.2, 0.25) is 10.0 Å². The second-order valence-corrected chi connectivity index (χ2v) is 6.53. The van der Waals surface area contributed by atoms with Crippen molar-refractivity contribution in [2.24, 2.45) is 0 Å². The van der Waals surface area contributed by atoms with Crippen LogP contribution in [0.5, 0.6) is 0 Å². The summed E-state index contributed by atoms with van der Waals surface area (Å²) in [6.45, 7) is 0. The zero-order chi connectivity index (χ0) is 14.8. The van der Waals surface area contributed by atoms with Gasteiger partial charge in [-0.05, 0) is 47.6 Å². The maximum atomic E-state index is 10.5. The Kier molecular flexibility index (Phi) is 4.54. The Balaban J connectivity index is 1.80. The summed E-state index contributed by atoms with van der Waals surface area (Å²) in [5, 5.41) is 11.7. The lowest BCUT2D eigenvalue weighted by molar-refractivity contribution is 0.178. The highest BCUT2D eigenvalue weighted by atomic mass is 35.5. The summed E-state index contributed by atoms with van der Waals surface area (Å²) < 4.78 is 0. The highest BCUT2D eigenvalue weighted by Crippen LogP contribution is 2.37. The minimum atomic E-state index is -0.581. The molecule has 0 aromatic heterocycles. The van der Waals surface area contributed by atoms with Crippen LogP contribution in [-0.2, 0) is 6.42 Å². The van der Waals surface area contributed by atoms with Crippen LogP contribution in [0.3, 0.4) is 0 Å². The van der Waals surface area contributed by atoms with Gasteiger partial charge in [0, 0.05) is 16.5 Å². The Morgan fingerprint density at radius 2 is 1.71 bits per heavy atom. The van der Waals surface area contributed by atoms with Crippen molar-refractivity contribution in [3.63, 3.8) is 0 Å². The molecule has 21 heavy (non-hydrogen) atoms. The third-order valence-corrected chi connectivity index (χ3v) is 5.04. The molecule has 0 radical (unpaired) electrons. The smallest absolute Gasteiger partial charge is 0.0831 e. The predicted octanol–water partition coefficient (Wildman–Crippen LogP) is 5.54. The van der Waals surface area contributed by atoms with E-state index in [1.54, 1.807) is 12.1 Å².